The third-order valence-corrected chi connectivity index (χ3v) is 9.09. The van der Waals surface area contributed by atoms with Crippen molar-refractivity contribution in [1.29, 1.82) is 0 Å². The Kier molecular flexibility index (Phi) is 4.16. The minimum atomic E-state index is -0.630. The second-order valence-corrected chi connectivity index (χ2v) is 10.1. The highest BCUT2D eigenvalue weighted by atomic mass is 127. The third-order valence-electron chi connectivity index (χ3n) is 7.05. The molecule has 22 heavy (non-hydrogen) atoms. The first kappa shape index (κ1) is 16.7. The number of hydrogen-bond donors (Lipinski definition) is 2. The molecule has 3 aliphatic rings. The van der Waals surface area contributed by atoms with Crippen molar-refractivity contribution in [3.05, 3.63) is 12.2 Å². The standard InChI is InChI=1S/C18H27IO3/c1-12-4-5-14-17(10-12,11-20)9-6-13-16(2,15(21)22)7-3-8-18(13,14)19/h13-14,20H,1,3-11H2,2H3,(H,21,22)/t13?,14?,16-,17-,18+/m1/s1. The van der Waals surface area contributed by atoms with Crippen LogP contribution in [0.5, 0.6) is 0 Å². The molecular formula is C18H27IO3. The van der Waals surface area contributed by atoms with Crippen LogP contribution in [0.25, 0.3) is 0 Å². The van der Waals surface area contributed by atoms with Crippen molar-refractivity contribution in [1.82, 2.24) is 0 Å². The molecule has 3 rings (SSSR count). The van der Waals surface area contributed by atoms with Gasteiger partial charge in [-0.2, -0.15) is 0 Å². The van der Waals surface area contributed by atoms with Crippen LogP contribution in [0.1, 0.15) is 58.3 Å². The number of allylic oxidation sites excluding steroid dienone is 1. The van der Waals surface area contributed by atoms with Gasteiger partial charge in [0.2, 0.25) is 0 Å². The predicted molar refractivity (Wildman–Crippen MR) is 95.1 cm³/mol. The second-order valence-electron chi connectivity index (χ2n) is 8.13. The number of rotatable bonds is 2. The van der Waals surface area contributed by atoms with Gasteiger partial charge in [-0.25, -0.2) is 0 Å². The van der Waals surface area contributed by atoms with Gasteiger partial charge in [-0.1, -0.05) is 41.2 Å². The first-order chi connectivity index (χ1) is 10.3. The maximum atomic E-state index is 12.0. The molecule has 0 aromatic carbocycles. The van der Waals surface area contributed by atoms with Gasteiger partial charge < -0.3 is 10.2 Å². The normalized spacial score (nSPS) is 48.4. The lowest BCUT2D eigenvalue weighted by molar-refractivity contribution is -0.161. The van der Waals surface area contributed by atoms with E-state index >= 15 is 0 Å². The number of aliphatic hydroxyl groups excluding tert-OH is 1. The van der Waals surface area contributed by atoms with E-state index in [1.54, 1.807) is 0 Å². The van der Waals surface area contributed by atoms with Crippen molar-refractivity contribution >= 4 is 28.6 Å². The lowest BCUT2D eigenvalue weighted by atomic mass is 9.46. The molecule has 0 saturated heterocycles. The molecule has 4 heteroatoms. The van der Waals surface area contributed by atoms with Crippen molar-refractivity contribution < 1.29 is 15.0 Å². The number of carboxylic acids is 1. The summed E-state index contributed by atoms with van der Waals surface area (Å²) in [7, 11) is 0. The van der Waals surface area contributed by atoms with Crippen molar-refractivity contribution in [2.45, 2.75) is 61.7 Å². The molecule has 0 aromatic heterocycles. The molecule has 2 unspecified atom stereocenters. The van der Waals surface area contributed by atoms with Crippen LogP contribution in [0.2, 0.25) is 0 Å². The highest BCUT2D eigenvalue weighted by Gasteiger charge is 2.64. The average molecular weight is 418 g/mol. The highest BCUT2D eigenvalue weighted by molar-refractivity contribution is 14.1. The molecule has 0 aromatic rings. The first-order valence-corrected chi connectivity index (χ1v) is 9.56. The van der Waals surface area contributed by atoms with E-state index in [0.29, 0.717) is 5.92 Å². The Morgan fingerprint density at radius 2 is 2.05 bits per heavy atom. The van der Waals surface area contributed by atoms with Crippen LogP contribution < -0.4 is 0 Å². The van der Waals surface area contributed by atoms with Crippen molar-refractivity contribution in [3.8, 4) is 0 Å². The van der Waals surface area contributed by atoms with Crippen molar-refractivity contribution in [3.63, 3.8) is 0 Å². The van der Waals surface area contributed by atoms with E-state index in [1.807, 2.05) is 6.92 Å². The number of hydrogen-bond acceptors (Lipinski definition) is 2. The monoisotopic (exact) mass is 418 g/mol. The molecule has 3 nitrogen and oxygen atoms in total. The van der Waals surface area contributed by atoms with E-state index in [1.165, 1.54) is 5.57 Å². The Morgan fingerprint density at radius 1 is 1.32 bits per heavy atom. The summed E-state index contributed by atoms with van der Waals surface area (Å²) in [5, 5.41) is 20.0. The molecule has 0 bridgehead atoms. The zero-order valence-corrected chi connectivity index (χ0v) is 15.6. The molecule has 0 aliphatic heterocycles. The molecule has 124 valence electrons. The average Bonchev–Trinajstić information content (AvgIpc) is 2.46. The maximum absolute atomic E-state index is 12.0. The molecule has 3 aliphatic carbocycles. The summed E-state index contributed by atoms with van der Waals surface area (Å²) in [4.78, 5) is 12.0. The van der Waals surface area contributed by atoms with Gasteiger partial charge >= 0.3 is 5.97 Å². The third kappa shape index (κ3) is 2.20. The fourth-order valence-electron chi connectivity index (χ4n) is 5.89. The molecule has 0 amide bonds. The smallest absolute Gasteiger partial charge is 0.309 e. The first-order valence-electron chi connectivity index (χ1n) is 8.48. The summed E-state index contributed by atoms with van der Waals surface area (Å²) in [5.74, 6) is 0.0201. The SMILES string of the molecule is C=C1CCC2[C@](CO)(CCC3[C@@]2(I)CCC[C@@]3(C)C(=O)O)C1. The number of carboxylic acid groups (broad SMARTS) is 1. The summed E-state index contributed by atoms with van der Waals surface area (Å²) < 4.78 is 0.0187. The summed E-state index contributed by atoms with van der Waals surface area (Å²) in [6, 6.07) is 0. The number of alkyl halides is 1. The Morgan fingerprint density at radius 3 is 2.68 bits per heavy atom. The van der Waals surface area contributed by atoms with Gasteiger partial charge in [0.05, 0.1) is 5.41 Å². The van der Waals surface area contributed by atoms with E-state index in [2.05, 4.69) is 29.2 Å². The number of halogens is 1. The highest BCUT2D eigenvalue weighted by Crippen LogP contribution is 2.67. The van der Waals surface area contributed by atoms with Crippen LogP contribution in [0.15, 0.2) is 12.2 Å². The minimum Gasteiger partial charge on any atom is -0.481 e. The lowest BCUT2D eigenvalue weighted by Gasteiger charge is -2.62. The maximum Gasteiger partial charge on any atom is 0.309 e. The Bertz CT molecular complexity index is 505. The summed E-state index contributed by atoms with van der Waals surface area (Å²) >= 11 is 2.60. The molecule has 3 saturated carbocycles. The molecule has 0 radical (unpaired) electrons. The second kappa shape index (κ2) is 5.47. The Labute approximate surface area is 146 Å². The van der Waals surface area contributed by atoms with E-state index < -0.39 is 11.4 Å². The lowest BCUT2D eigenvalue weighted by Crippen LogP contribution is -2.62. The van der Waals surface area contributed by atoms with Crippen LogP contribution in [0.3, 0.4) is 0 Å². The largest absolute Gasteiger partial charge is 0.481 e. The van der Waals surface area contributed by atoms with Crippen LogP contribution in [-0.4, -0.2) is 26.2 Å². The molecular weight excluding hydrogens is 391 g/mol. The summed E-state index contributed by atoms with van der Waals surface area (Å²) in [6.45, 7) is 6.35. The number of fused-ring (bicyclic) bond motifs is 3. The molecule has 0 heterocycles. The Balaban J connectivity index is 2.02. The zero-order valence-electron chi connectivity index (χ0n) is 13.4. The van der Waals surface area contributed by atoms with Gasteiger partial charge in [-0.05, 0) is 63.7 Å². The van der Waals surface area contributed by atoms with Crippen LogP contribution in [0.4, 0.5) is 0 Å². The topological polar surface area (TPSA) is 57.5 Å². The van der Waals surface area contributed by atoms with Gasteiger partial charge in [0.1, 0.15) is 0 Å². The predicted octanol–water partition coefficient (Wildman–Crippen LogP) is 4.18. The zero-order chi connectivity index (χ0) is 16.2. The quantitative estimate of drug-likeness (QED) is 0.402. The van der Waals surface area contributed by atoms with Crippen LogP contribution >= 0.6 is 22.6 Å². The van der Waals surface area contributed by atoms with Crippen molar-refractivity contribution in [2.75, 3.05) is 6.61 Å². The van der Waals surface area contributed by atoms with Gasteiger partial charge in [0.15, 0.2) is 0 Å². The number of aliphatic hydroxyl groups is 1. The van der Waals surface area contributed by atoms with Gasteiger partial charge in [0, 0.05) is 15.4 Å². The Hall–Kier alpha value is -0.100. The van der Waals surface area contributed by atoms with E-state index in [-0.39, 0.29) is 21.4 Å². The summed E-state index contributed by atoms with van der Waals surface area (Å²) in [5.41, 5.74) is 0.611. The van der Waals surface area contributed by atoms with E-state index in [4.69, 9.17) is 0 Å². The molecule has 0 spiro atoms. The number of aliphatic carboxylic acids is 1. The summed E-state index contributed by atoms with van der Waals surface area (Å²) in [6.07, 6.45) is 7.78. The minimum absolute atomic E-state index is 0.0187. The van der Waals surface area contributed by atoms with Crippen LogP contribution in [-0.2, 0) is 4.79 Å². The van der Waals surface area contributed by atoms with Crippen LogP contribution in [0, 0.1) is 22.7 Å². The fourth-order valence-corrected chi connectivity index (χ4v) is 8.24. The number of carbonyl (C=O) groups is 1. The van der Waals surface area contributed by atoms with Crippen molar-refractivity contribution in [2.24, 2.45) is 22.7 Å². The van der Waals surface area contributed by atoms with E-state index in [9.17, 15) is 15.0 Å². The molecule has 3 fully saturated rings. The molecule has 2 N–H and O–H groups in total. The van der Waals surface area contributed by atoms with Gasteiger partial charge in [-0.3, -0.25) is 4.79 Å². The van der Waals surface area contributed by atoms with Gasteiger partial charge in [-0.15, -0.1) is 0 Å². The van der Waals surface area contributed by atoms with E-state index in [0.717, 1.165) is 51.4 Å². The fraction of sp³-hybridized carbons (Fsp3) is 0.833. The molecule has 5 atom stereocenters. The van der Waals surface area contributed by atoms with Gasteiger partial charge in [0.25, 0.3) is 0 Å².